The third kappa shape index (κ3) is 5.10. The van der Waals surface area contributed by atoms with Crippen LogP contribution >= 0.6 is 0 Å². The summed E-state index contributed by atoms with van der Waals surface area (Å²) in [6.07, 6.45) is 2.68. The molecule has 1 saturated heterocycles. The molecule has 2 aromatic rings. The van der Waals surface area contributed by atoms with Gasteiger partial charge in [-0.3, -0.25) is 14.4 Å². The number of para-hydroxylation sites is 1. The van der Waals surface area contributed by atoms with Crippen molar-refractivity contribution >= 4 is 23.4 Å². The molecule has 0 radical (unpaired) electrons. The molecule has 2 heterocycles. The van der Waals surface area contributed by atoms with Crippen molar-refractivity contribution in [1.29, 1.82) is 0 Å². The number of benzene rings is 1. The second kappa shape index (κ2) is 8.88. The molecule has 0 aliphatic carbocycles. The van der Waals surface area contributed by atoms with E-state index in [1.165, 1.54) is 18.6 Å². The maximum atomic E-state index is 12.3. The average Bonchev–Trinajstić information content (AvgIpc) is 3.26. The summed E-state index contributed by atoms with van der Waals surface area (Å²) < 4.78 is 4.81. The molecular weight excluding hydrogens is 348 g/mol. The molecule has 1 aliphatic heterocycles. The second-order valence-corrected chi connectivity index (χ2v) is 6.17. The summed E-state index contributed by atoms with van der Waals surface area (Å²) in [6, 6.07) is 11.6. The van der Waals surface area contributed by atoms with Crippen LogP contribution in [0, 0.1) is 0 Å². The molecular formula is C19H22N4O4. The molecule has 3 rings (SSSR count). The normalized spacial score (nSPS) is 13.9. The zero-order chi connectivity index (χ0) is 19.1. The highest BCUT2D eigenvalue weighted by Gasteiger charge is 2.21. The lowest BCUT2D eigenvalue weighted by Gasteiger charge is -2.36. The number of anilines is 1. The minimum Gasteiger partial charge on any atom is -0.472 e. The molecule has 3 amide bonds. The highest BCUT2D eigenvalue weighted by atomic mass is 16.3. The van der Waals surface area contributed by atoms with Gasteiger partial charge in [0.05, 0.1) is 24.9 Å². The van der Waals surface area contributed by atoms with Crippen molar-refractivity contribution in [3.63, 3.8) is 0 Å². The quantitative estimate of drug-likeness (QED) is 0.771. The molecule has 0 atom stereocenters. The van der Waals surface area contributed by atoms with E-state index < -0.39 is 11.8 Å². The Hall–Kier alpha value is -3.29. The minimum absolute atomic E-state index is 0.0776. The van der Waals surface area contributed by atoms with Crippen molar-refractivity contribution in [2.75, 3.05) is 44.2 Å². The van der Waals surface area contributed by atoms with Crippen molar-refractivity contribution in [3.05, 3.63) is 54.5 Å². The molecule has 0 bridgehead atoms. The SMILES string of the molecule is O=C(CNC(=O)c1ccoc1)NCC(=O)N1CCN(c2ccccc2)CC1. The number of carbonyl (C=O) groups excluding carboxylic acids is 3. The molecule has 2 N–H and O–H groups in total. The molecule has 142 valence electrons. The van der Waals surface area contributed by atoms with E-state index in [9.17, 15) is 14.4 Å². The van der Waals surface area contributed by atoms with Crippen LogP contribution in [0.5, 0.6) is 0 Å². The lowest BCUT2D eigenvalue weighted by molar-refractivity contribution is -0.132. The van der Waals surface area contributed by atoms with Crippen LogP contribution in [0.1, 0.15) is 10.4 Å². The molecule has 0 spiro atoms. The smallest absolute Gasteiger partial charge is 0.254 e. The van der Waals surface area contributed by atoms with E-state index in [4.69, 9.17) is 4.42 Å². The highest BCUT2D eigenvalue weighted by molar-refractivity contribution is 5.96. The number of piperazine rings is 1. The lowest BCUT2D eigenvalue weighted by Crippen LogP contribution is -2.51. The van der Waals surface area contributed by atoms with E-state index >= 15 is 0 Å². The topological polar surface area (TPSA) is 94.9 Å². The fourth-order valence-corrected chi connectivity index (χ4v) is 2.86. The van der Waals surface area contributed by atoms with Crippen LogP contribution in [0.4, 0.5) is 5.69 Å². The number of hydrogen-bond acceptors (Lipinski definition) is 5. The Bertz CT molecular complexity index is 768. The Labute approximate surface area is 157 Å². The van der Waals surface area contributed by atoms with Gasteiger partial charge in [0.1, 0.15) is 6.26 Å². The zero-order valence-corrected chi connectivity index (χ0v) is 14.9. The third-order valence-corrected chi connectivity index (χ3v) is 4.38. The molecule has 1 fully saturated rings. The van der Waals surface area contributed by atoms with Gasteiger partial charge in [-0.15, -0.1) is 0 Å². The molecule has 1 aliphatic rings. The predicted octanol–water partition coefficient (Wildman–Crippen LogP) is 0.474. The van der Waals surface area contributed by atoms with Gasteiger partial charge in [-0.25, -0.2) is 0 Å². The van der Waals surface area contributed by atoms with Crippen LogP contribution < -0.4 is 15.5 Å². The van der Waals surface area contributed by atoms with Crippen LogP contribution in [0.3, 0.4) is 0 Å². The summed E-state index contributed by atoms with van der Waals surface area (Å²) in [5.74, 6) is -0.942. The van der Waals surface area contributed by atoms with Gasteiger partial charge < -0.3 is 24.9 Å². The number of amides is 3. The van der Waals surface area contributed by atoms with Gasteiger partial charge in [-0.2, -0.15) is 0 Å². The van der Waals surface area contributed by atoms with Gasteiger partial charge in [0.2, 0.25) is 11.8 Å². The largest absolute Gasteiger partial charge is 0.472 e. The summed E-state index contributed by atoms with van der Waals surface area (Å²) in [6.45, 7) is 2.46. The maximum Gasteiger partial charge on any atom is 0.254 e. The first kappa shape index (κ1) is 18.5. The Kier molecular flexibility index (Phi) is 6.09. The Morgan fingerprint density at radius 3 is 2.33 bits per heavy atom. The first-order valence-corrected chi connectivity index (χ1v) is 8.78. The zero-order valence-electron chi connectivity index (χ0n) is 14.9. The van der Waals surface area contributed by atoms with Crippen molar-refractivity contribution in [2.24, 2.45) is 0 Å². The summed E-state index contributed by atoms with van der Waals surface area (Å²) >= 11 is 0. The minimum atomic E-state index is -0.414. The van der Waals surface area contributed by atoms with E-state index in [2.05, 4.69) is 27.7 Å². The van der Waals surface area contributed by atoms with Gasteiger partial charge in [0, 0.05) is 31.9 Å². The van der Waals surface area contributed by atoms with E-state index in [0.717, 1.165) is 18.8 Å². The molecule has 8 nitrogen and oxygen atoms in total. The van der Waals surface area contributed by atoms with Crippen LogP contribution in [-0.4, -0.2) is 61.9 Å². The van der Waals surface area contributed by atoms with Gasteiger partial charge in [-0.1, -0.05) is 18.2 Å². The average molecular weight is 370 g/mol. The number of carbonyl (C=O) groups is 3. The number of hydrogen-bond donors (Lipinski definition) is 2. The van der Waals surface area contributed by atoms with Gasteiger partial charge in [0.15, 0.2) is 0 Å². The van der Waals surface area contributed by atoms with Crippen LogP contribution in [0.2, 0.25) is 0 Å². The Morgan fingerprint density at radius 1 is 0.926 bits per heavy atom. The van der Waals surface area contributed by atoms with Crippen LogP contribution in [-0.2, 0) is 9.59 Å². The van der Waals surface area contributed by atoms with E-state index in [1.807, 2.05) is 18.2 Å². The van der Waals surface area contributed by atoms with E-state index in [-0.39, 0.29) is 19.0 Å². The molecule has 8 heteroatoms. The van der Waals surface area contributed by atoms with Crippen LogP contribution in [0.15, 0.2) is 53.3 Å². The number of nitrogens with zero attached hydrogens (tertiary/aromatic N) is 2. The first-order chi connectivity index (χ1) is 13.1. The summed E-state index contributed by atoms with van der Waals surface area (Å²) in [5.41, 5.74) is 1.49. The Morgan fingerprint density at radius 2 is 1.67 bits per heavy atom. The van der Waals surface area contributed by atoms with Gasteiger partial charge in [-0.05, 0) is 18.2 Å². The molecule has 27 heavy (non-hydrogen) atoms. The Balaban J connectivity index is 1.36. The highest BCUT2D eigenvalue weighted by Crippen LogP contribution is 2.15. The molecule has 0 saturated carbocycles. The predicted molar refractivity (Wildman–Crippen MR) is 99.3 cm³/mol. The van der Waals surface area contributed by atoms with Crippen molar-refractivity contribution in [2.45, 2.75) is 0 Å². The number of nitrogens with one attached hydrogen (secondary N) is 2. The molecule has 1 aromatic carbocycles. The van der Waals surface area contributed by atoms with Crippen molar-refractivity contribution in [1.82, 2.24) is 15.5 Å². The molecule has 1 aromatic heterocycles. The molecule has 0 unspecified atom stereocenters. The fraction of sp³-hybridized carbons (Fsp3) is 0.316. The van der Waals surface area contributed by atoms with Crippen LogP contribution in [0.25, 0.3) is 0 Å². The van der Waals surface area contributed by atoms with Crippen molar-refractivity contribution < 1.29 is 18.8 Å². The van der Waals surface area contributed by atoms with E-state index in [0.29, 0.717) is 18.7 Å². The van der Waals surface area contributed by atoms with Gasteiger partial charge >= 0.3 is 0 Å². The fourth-order valence-electron chi connectivity index (χ4n) is 2.86. The number of rotatable bonds is 6. The maximum absolute atomic E-state index is 12.3. The van der Waals surface area contributed by atoms with E-state index in [1.54, 1.807) is 4.90 Å². The number of furan rings is 1. The second-order valence-electron chi connectivity index (χ2n) is 6.17. The monoisotopic (exact) mass is 370 g/mol. The standard InChI is InChI=1S/C19H22N4O4/c24-17(12-21-19(26)15-6-11-27-14-15)20-13-18(25)23-9-7-22(8-10-23)16-4-2-1-3-5-16/h1-6,11,14H,7-10,12-13H2,(H,20,24)(H,21,26). The van der Waals surface area contributed by atoms with Gasteiger partial charge in [0.25, 0.3) is 5.91 Å². The summed E-state index contributed by atoms with van der Waals surface area (Å²) in [4.78, 5) is 39.8. The lowest BCUT2D eigenvalue weighted by atomic mass is 10.2. The summed E-state index contributed by atoms with van der Waals surface area (Å²) in [7, 11) is 0. The summed E-state index contributed by atoms with van der Waals surface area (Å²) in [5, 5.41) is 5.01. The third-order valence-electron chi connectivity index (χ3n) is 4.38. The van der Waals surface area contributed by atoms with Crippen molar-refractivity contribution in [3.8, 4) is 0 Å². The first-order valence-electron chi connectivity index (χ1n) is 8.78.